The van der Waals surface area contributed by atoms with Crippen LogP contribution >= 0.6 is 0 Å². The average Bonchev–Trinajstić information content (AvgIpc) is 2.70. The number of rotatable bonds is 8. The van der Waals surface area contributed by atoms with E-state index in [0.29, 0.717) is 44.7 Å². The maximum atomic E-state index is 14.1. The smallest absolute Gasteiger partial charge is 0.264 e. The van der Waals surface area contributed by atoms with Gasteiger partial charge in [-0.05, 0) is 26.0 Å². The Bertz CT molecular complexity index is 995. The highest BCUT2D eigenvalue weighted by molar-refractivity contribution is 7.92. The zero-order valence-electron chi connectivity index (χ0n) is 16.8. The Balaban J connectivity index is 2.03. The molecular formula is C20H24F2N2O5S. The summed E-state index contributed by atoms with van der Waals surface area (Å²) in [5, 5.41) is 0. The van der Waals surface area contributed by atoms with Gasteiger partial charge in [-0.25, -0.2) is 17.2 Å². The maximum Gasteiger partial charge on any atom is 0.264 e. The Kier molecular flexibility index (Phi) is 6.99. The normalized spacial score (nSPS) is 14.5. The van der Waals surface area contributed by atoms with Crippen LogP contribution in [0.2, 0.25) is 0 Å². The number of benzene rings is 2. The predicted molar refractivity (Wildman–Crippen MR) is 109 cm³/mol. The molecule has 1 fully saturated rings. The Morgan fingerprint density at radius 2 is 1.70 bits per heavy atom. The molecule has 3 rings (SSSR count). The van der Waals surface area contributed by atoms with E-state index >= 15 is 0 Å². The van der Waals surface area contributed by atoms with Gasteiger partial charge in [0.05, 0.1) is 37.8 Å². The molecule has 1 saturated heterocycles. The number of hydrogen-bond acceptors (Lipinski definition) is 6. The summed E-state index contributed by atoms with van der Waals surface area (Å²) in [7, 11) is -4.33. The summed E-state index contributed by atoms with van der Waals surface area (Å²) in [6.07, 6.45) is 0. The largest absolute Gasteiger partial charge is 0.492 e. The van der Waals surface area contributed by atoms with Gasteiger partial charge in [-0.2, -0.15) is 0 Å². The fourth-order valence-corrected chi connectivity index (χ4v) is 4.24. The Morgan fingerprint density at radius 3 is 2.33 bits per heavy atom. The summed E-state index contributed by atoms with van der Waals surface area (Å²) in [5.74, 6) is -1.32. The van der Waals surface area contributed by atoms with E-state index in [9.17, 15) is 17.2 Å². The second-order valence-electron chi connectivity index (χ2n) is 6.46. The lowest BCUT2D eigenvalue weighted by atomic mass is 10.2. The monoisotopic (exact) mass is 442 g/mol. The molecule has 0 unspecified atom stereocenters. The van der Waals surface area contributed by atoms with Gasteiger partial charge in [0.1, 0.15) is 28.0 Å². The highest BCUT2D eigenvalue weighted by Gasteiger charge is 2.24. The second-order valence-corrected chi connectivity index (χ2v) is 8.11. The standard InChI is InChI=1S/C20H24F2N2O5S/c1-3-28-18-13-17(24-7-9-27-10-8-24)19(29-4-2)12-16(18)23-30(25,26)20-6-5-14(21)11-15(20)22/h5-6,11-13,23H,3-4,7-10H2,1-2H3. The van der Waals surface area contributed by atoms with Crippen molar-refractivity contribution in [1.29, 1.82) is 0 Å². The van der Waals surface area contributed by atoms with Crippen LogP contribution in [-0.4, -0.2) is 47.9 Å². The quantitative estimate of drug-likeness (QED) is 0.675. The van der Waals surface area contributed by atoms with Gasteiger partial charge in [-0.3, -0.25) is 4.72 Å². The Morgan fingerprint density at radius 1 is 1.03 bits per heavy atom. The molecule has 1 N–H and O–H groups in total. The van der Waals surface area contributed by atoms with E-state index in [1.54, 1.807) is 13.0 Å². The van der Waals surface area contributed by atoms with Crippen molar-refractivity contribution in [2.75, 3.05) is 49.1 Å². The van der Waals surface area contributed by atoms with Gasteiger partial charge in [0.25, 0.3) is 10.0 Å². The van der Waals surface area contributed by atoms with Crippen LogP contribution in [0, 0.1) is 11.6 Å². The first-order chi connectivity index (χ1) is 14.4. The number of hydrogen-bond donors (Lipinski definition) is 1. The van der Waals surface area contributed by atoms with Crippen molar-refractivity contribution in [3.63, 3.8) is 0 Å². The van der Waals surface area contributed by atoms with Gasteiger partial charge in [0.2, 0.25) is 0 Å². The molecule has 1 aliphatic rings. The number of nitrogens with one attached hydrogen (secondary N) is 1. The van der Waals surface area contributed by atoms with E-state index in [0.717, 1.165) is 17.8 Å². The van der Waals surface area contributed by atoms with Crippen LogP contribution in [0.1, 0.15) is 13.8 Å². The molecular weight excluding hydrogens is 418 g/mol. The molecule has 0 bridgehead atoms. The zero-order chi connectivity index (χ0) is 21.7. The van der Waals surface area contributed by atoms with Crippen molar-refractivity contribution < 1.29 is 31.4 Å². The first-order valence-electron chi connectivity index (χ1n) is 9.60. The molecule has 10 heteroatoms. The molecule has 1 heterocycles. The van der Waals surface area contributed by atoms with Crippen LogP contribution in [0.3, 0.4) is 0 Å². The van der Waals surface area contributed by atoms with E-state index in [1.807, 2.05) is 6.92 Å². The molecule has 2 aromatic rings. The predicted octanol–water partition coefficient (Wildman–Crippen LogP) is 3.40. The fraction of sp³-hybridized carbons (Fsp3) is 0.400. The van der Waals surface area contributed by atoms with E-state index in [-0.39, 0.29) is 18.0 Å². The minimum atomic E-state index is -4.33. The van der Waals surface area contributed by atoms with Crippen LogP contribution in [-0.2, 0) is 14.8 Å². The minimum absolute atomic E-state index is 0.0982. The van der Waals surface area contributed by atoms with E-state index < -0.39 is 26.6 Å². The molecule has 0 amide bonds. The summed E-state index contributed by atoms with van der Waals surface area (Å²) in [6.45, 7) is 6.66. The SMILES string of the molecule is CCOc1cc(N2CCOCC2)c(OCC)cc1NS(=O)(=O)c1ccc(F)cc1F. The molecule has 2 aromatic carbocycles. The summed E-state index contributed by atoms with van der Waals surface area (Å²) < 4.78 is 71.8. The Hall–Kier alpha value is -2.59. The van der Waals surface area contributed by atoms with E-state index in [2.05, 4.69) is 9.62 Å². The number of anilines is 2. The van der Waals surface area contributed by atoms with Gasteiger partial charge in [0.15, 0.2) is 0 Å². The third kappa shape index (κ3) is 4.93. The third-order valence-corrected chi connectivity index (χ3v) is 5.84. The van der Waals surface area contributed by atoms with Crippen molar-refractivity contribution in [2.45, 2.75) is 18.7 Å². The summed E-state index contributed by atoms with van der Waals surface area (Å²) in [5.41, 5.74) is 0.848. The molecule has 0 aromatic heterocycles. The highest BCUT2D eigenvalue weighted by atomic mass is 32.2. The summed E-state index contributed by atoms with van der Waals surface area (Å²) in [4.78, 5) is 1.40. The summed E-state index contributed by atoms with van der Waals surface area (Å²) >= 11 is 0. The molecule has 30 heavy (non-hydrogen) atoms. The number of morpholine rings is 1. The van der Waals surface area contributed by atoms with Gasteiger partial charge in [-0.1, -0.05) is 0 Å². The third-order valence-electron chi connectivity index (χ3n) is 4.44. The van der Waals surface area contributed by atoms with Crippen LogP contribution in [0.5, 0.6) is 11.5 Å². The first kappa shape index (κ1) is 22.1. The van der Waals surface area contributed by atoms with Gasteiger partial charge in [0, 0.05) is 31.3 Å². The molecule has 0 spiro atoms. The van der Waals surface area contributed by atoms with Crippen LogP contribution in [0.4, 0.5) is 20.2 Å². The van der Waals surface area contributed by atoms with Crippen LogP contribution < -0.4 is 19.1 Å². The van der Waals surface area contributed by atoms with Crippen LogP contribution in [0.15, 0.2) is 35.2 Å². The molecule has 1 aliphatic heterocycles. The molecule has 0 atom stereocenters. The Labute approximate surface area is 174 Å². The topological polar surface area (TPSA) is 77.1 Å². The fourth-order valence-electron chi connectivity index (χ4n) is 3.12. The lowest BCUT2D eigenvalue weighted by molar-refractivity contribution is 0.122. The molecule has 164 valence electrons. The molecule has 7 nitrogen and oxygen atoms in total. The second kappa shape index (κ2) is 9.48. The van der Waals surface area contributed by atoms with Crippen molar-refractivity contribution in [3.05, 3.63) is 42.0 Å². The lowest BCUT2D eigenvalue weighted by Gasteiger charge is -2.31. The summed E-state index contributed by atoms with van der Waals surface area (Å²) in [6, 6.07) is 5.48. The maximum absolute atomic E-state index is 14.1. The zero-order valence-corrected chi connectivity index (χ0v) is 17.6. The van der Waals surface area contributed by atoms with Crippen LogP contribution in [0.25, 0.3) is 0 Å². The molecule has 0 saturated carbocycles. The number of ether oxygens (including phenoxy) is 3. The van der Waals surface area contributed by atoms with E-state index in [4.69, 9.17) is 14.2 Å². The van der Waals surface area contributed by atoms with E-state index in [1.165, 1.54) is 6.07 Å². The van der Waals surface area contributed by atoms with Gasteiger partial charge in [-0.15, -0.1) is 0 Å². The number of sulfonamides is 1. The van der Waals surface area contributed by atoms with Crippen molar-refractivity contribution in [2.24, 2.45) is 0 Å². The first-order valence-corrected chi connectivity index (χ1v) is 11.1. The highest BCUT2D eigenvalue weighted by Crippen LogP contribution is 2.40. The molecule has 0 radical (unpaired) electrons. The van der Waals surface area contributed by atoms with Gasteiger partial charge >= 0.3 is 0 Å². The number of halogens is 2. The molecule has 0 aliphatic carbocycles. The van der Waals surface area contributed by atoms with Crippen molar-refractivity contribution in [3.8, 4) is 11.5 Å². The minimum Gasteiger partial charge on any atom is -0.492 e. The van der Waals surface area contributed by atoms with Gasteiger partial charge < -0.3 is 19.1 Å². The van der Waals surface area contributed by atoms with Crippen molar-refractivity contribution in [1.82, 2.24) is 0 Å². The average molecular weight is 442 g/mol. The van der Waals surface area contributed by atoms with Crippen molar-refractivity contribution >= 4 is 21.4 Å². The lowest BCUT2D eigenvalue weighted by Crippen LogP contribution is -2.36. The number of nitrogens with zero attached hydrogens (tertiary/aromatic N) is 1.